The molecular weight excluding hydrogens is 355 g/mol. The molecule has 2 atom stereocenters. The number of H-pyrrole nitrogens is 1. The van der Waals surface area contributed by atoms with Gasteiger partial charge in [-0.15, -0.1) is 0 Å². The molecule has 6 nitrogen and oxygen atoms in total. The Bertz CT molecular complexity index is 987. The lowest BCUT2D eigenvalue weighted by atomic mass is 9.76. The molecule has 7 heteroatoms. The topological polar surface area (TPSA) is 83.7 Å². The SMILES string of the molecule is CC(C)(C)C(N)C1CCCN(c2ccc(F)c(-c3[nH]nc4ncccc34)n2)C1.[HH].[HH]. The van der Waals surface area contributed by atoms with Crippen LogP contribution in [-0.4, -0.2) is 39.3 Å². The Morgan fingerprint density at radius 2 is 2.14 bits per heavy atom. The number of nitrogens with two attached hydrogens (primary N) is 1. The van der Waals surface area contributed by atoms with E-state index in [4.69, 9.17) is 5.73 Å². The van der Waals surface area contributed by atoms with Gasteiger partial charge in [-0.25, -0.2) is 14.4 Å². The second-order valence-electron chi connectivity index (χ2n) is 8.71. The fraction of sp³-hybridized carbons (Fsp3) is 0.476. The second-order valence-corrected chi connectivity index (χ2v) is 8.71. The molecule has 2 unspecified atom stereocenters. The number of nitrogens with one attached hydrogen (secondary N) is 1. The van der Waals surface area contributed by atoms with Crippen molar-refractivity contribution in [3.05, 3.63) is 36.3 Å². The van der Waals surface area contributed by atoms with E-state index in [1.165, 1.54) is 6.07 Å². The fourth-order valence-corrected chi connectivity index (χ4v) is 4.03. The van der Waals surface area contributed by atoms with Gasteiger partial charge in [0.15, 0.2) is 11.5 Å². The Hall–Kier alpha value is -2.54. The summed E-state index contributed by atoms with van der Waals surface area (Å²) in [5.41, 5.74) is 7.97. The van der Waals surface area contributed by atoms with Crippen molar-refractivity contribution in [2.45, 2.75) is 39.7 Å². The lowest BCUT2D eigenvalue weighted by Gasteiger charge is -2.41. The van der Waals surface area contributed by atoms with E-state index in [0.717, 1.165) is 37.1 Å². The molecule has 4 rings (SSSR count). The standard InChI is InChI=1S/C21H27FN6.2H2/c1-21(2,3)19(23)13-6-5-11-28(12-13)16-9-8-15(22)18(25-16)17-14-7-4-10-24-20(14)27-26-17;;/h4,7-10,13,19H,5-6,11-12,23H2,1-3H3,(H,24,26,27);2*1H. The molecule has 4 heterocycles. The van der Waals surface area contributed by atoms with Crippen molar-refractivity contribution in [3.63, 3.8) is 0 Å². The van der Waals surface area contributed by atoms with E-state index in [1.54, 1.807) is 12.3 Å². The molecule has 152 valence electrons. The van der Waals surface area contributed by atoms with E-state index in [9.17, 15) is 4.39 Å². The van der Waals surface area contributed by atoms with E-state index < -0.39 is 0 Å². The zero-order valence-electron chi connectivity index (χ0n) is 16.6. The number of anilines is 1. The molecule has 0 saturated carbocycles. The van der Waals surface area contributed by atoms with Crippen LogP contribution in [0.5, 0.6) is 0 Å². The number of hydrogen-bond acceptors (Lipinski definition) is 5. The minimum atomic E-state index is -0.377. The predicted octanol–water partition coefficient (Wildman–Crippen LogP) is 4.24. The summed E-state index contributed by atoms with van der Waals surface area (Å²) in [4.78, 5) is 11.1. The van der Waals surface area contributed by atoms with Crippen LogP contribution in [0.1, 0.15) is 36.5 Å². The molecule has 3 aromatic rings. The molecule has 0 bridgehead atoms. The van der Waals surface area contributed by atoms with E-state index in [0.29, 0.717) is 17.3 Å². The quantitative estimate of drug-likeness (QED) is 0.703. The average Bonchev–Trinajstić information content (AvgIpc) is 3.11. The van der Waals surface area contributed by atoms with Gasteiger partial charge in [-0.05, 0) is 48.4 Å². The van der Waals surface area contributed by atoms with E-state index >= 15 is 0 Å². The van der Waals surface area contributed by atoms with Gasteiger partial charge in [-0.1, -0.05) is 20.8 Å². The molecule has 1 aliphatic rings. The van der Waals surface area contributed by atoms with E-state index in [2.05, 4.69) is 45.8 Å². The highest BCUT2D eigenvalue weighted by molar-refractivity contribution is 5.89. The highest BCUT2D eigenvalue weighted by Crippen LogP contribution is 2.32. The van der Waals surface area contributed by atoms with Crippen molar-refractivity contribution in [3.8, 4) is 11.4 Å². The number of nitrogens with zero attached hydrogens (tertiary/aromatic N) is 4. The first-order chi connectivity index (χ1) is 13.3. The fourth-order valence-electron chi connectivity index (χ4n) is 4.03. The number of aromatic amines is 1. The molecule has 0 amide bonds. The van der Waals surface area contributed by atoms with Gasteiger partial charge in [0.1, 0.15) is 11.5 Å². The number of rotatable bonds is 3. The predicted molar refractivity (Wildman–Crippen MR) is 114 cm³/mol. The third-order valence-electron chi connectivity index (χ3n) is 5.69. The van der Waals surface area contributed by atoms with E-state index in [1.807, 2.05) is 12.1 Å². The van der Waals surface area contributed by atoms with Crippen molar-refractivity contribution in [2.24, 2.45) is 17.1 Å². The zero-order valence-corrected chi connectivity index (χ0v) is 16.6. The number of halogens is 1. The van der Waals surface area contributed by atoms with Gasteiger partial charge in [-0.3, -0.25) is 5.10 Å². The first-order valence-electron chi connectivity index (χ1n) is 9.81. The summed E-state index contributed by atoms with van der Waals surface area (Å²) in [5.74, 6) is 0.785. The average molecular weight is 387 g/mol. The van der Waals surface area contributed by atoms with Crippen LogP contribution in [0, 0.1) is 17.2 Å². The Morgan fingerprint density at radius 3 is 2.93 bits per heavy atom. The number of aromatic nitrogens is 4. The normalized spacial score (nSPS) is 19.2. The van der Waals surface area contributed by atoms with Crippen molar-refractivity contribution in [1.29, 1.82) is 0 Å². The van der Waals surface area contributed by atoms with Gasteiger partial charge in [0.05, 0.1) is 5.69 Å². The molecule has 0 aliphatic carbocycles. The molecule has 1 fully saturated rings. The lowest BCUT2D eigenvalue weighted by Crippen LogP contribution is -2.49. The lowest BCUT2D eigenvalue weighted by molar-refractivity contribution is 0.214. The first kappa shape index (κ1) is 18.8. The summed E-state index contributed by atoms with van der Waals surface area (Å²) < 4.78 is 14.6. The van der Waals surface area contributed by atoms with Crippen LogP contribution in [0.15, 0.2) is 30.5 Å². The zero-order chi connectivity index (χ0) is 19.9. The molecule has 0 spiro atoms. The van der Waals surface area contributed by atoms with Crippen molar-refractivity contribution >= 4 is 16.9 Å². The second kappa shape index (κ2) is 7.13. The Kier molecular flexibility index (Phi) is 4.79. The van der Waals surface area contributed by atoms with Gasteiger partial charge < -0.3 is 10.6 Å². The molecule has 1 aliphatic heterocycles. The highest BCUT2D eigenvalue weighted by atomic mass is 19.1. The Labute approximate surface area is 167 Å². The van der Waals surface area contributed by atoms with Crippen LogP contribution in [0.4, 0.5) is 10.2 Å². The smallest absolute Gasteiger partial charge is 0.181 e. The number of piperidine rings is 1. The maximum Gasteiger partial charge on any atom is 0.181 e. The van der Waals surface area contributed by atoms with Crippen molar-refractivity contribution in [1.82, 2.24) is 20.2 Å². The van der Waals surface area contributed by atoms with Crippen LogP contribution in [0.25, 0.3) is 22.4 Å². The van der Waals surface area contributed by atoms with Crippen LogP contribution in [-0.2, 0) is 0 Å². The van der Waals surface area contributed by atoms with Gasteiger partial charge in [0.2, 0.25) is 0 Å². The summed E-state index contributed by atoms with van der Waals surface area (Å²) in [6.45, 7) is 8.28. The summed E-state index contributed by atoms with van der Waals surface area (Å²) in [6, 6.07) is 7.02. The molecule has 0 aromatic carbocycles. The van der Waals surface area contributed by atoms with Crippen molar-refractivity contribution < 1.29 is 7.24 Å². The number of fused-ring (bicyclic) bond motifs is 1. The highest BCUT2D eigenvalue weighted by Gasteiger charge is 2.32. The molecule has 3 aromatic heterocycles. The van der Waals surface area contributed by atoms with Crippen LogP contribution in [0.3, 0.4) is 0 Å². The summed E-state index contributed by atoms with van der Waals surface area (Å²) in [5, 5.41) is 7.82. The summed E-state index contributed by atoms with van der Waals surface area (Å²) in [6.07, 6.45) is 3.83. The minimum Gasteiger partial charge on any atom is -0.356 e. The van der Waals surface area contributed by atoms with Gasteiger partial charge in [-0.2, -0.15) is 5.10 Å². The van der Waals surface area contributed by atoms with Crippen LogP contribution >= 0.6 is 0 Å². The van der Waals surface area contributed by atoms with Gasteiger partial charge >= 0.3 is 0 Å². The maximum atomic E-state index is 14.6. The van der Waals surface area contributed by atoms with Crippen molar-refractivity contribution in [2.75, 3.05) is 18.0 Å². The summed E-state index contributed by atoms with van der Waals surface area (Å²) in [7, 11) is 0. The molecule has 28 heavy (non-hydrogen) atoms. The number of hydrogen-bond donors (Lipinski definition) is 2. The molecule has 0 radical (unpaired) electrons. The van der Waals surface area contributed by atoms with E-state index in [-0.39, 0.29) is 25.8 Å². The Balaban J connectivity index is 0.00000160. The van der Waals surface area contributed by atoms with Crippen LogP contribution in [0.2, 0.25) is 0 Å². The van der Waals surface area contributed by atoms with Gasteiger partial charge in [0, 0.05) is 33.6 Å². The monoisotopic (exact) mass is 386 g/mol. The number of pyridine rings is 2. The first-order valence-corrected chi connectivity index (χ1v) is 9.81. The third kappa shape index (κ3) is 3.46. The van der Waals surface area contributed by atoms with Crippen LogP contribution < -0.4 is 10.6 Å². The van der Waals surface area contributed by atoms with Gasteiger partial charge in [0.25, 0.3) is 0 Å². The minimum absolute atomic E-state index is 0. The largest absolute Gasteiger partial charge is 0.356 e. The molecular formula is C21H31FN6. The Morgan fingerprint density at radius 1 is 1.32 bits per heavy atom. The summed E-state index contributed by atoms with van der Waals surface area (Å²) >= 11 is 0. The third-order valence-corrected chi connectivity index (χ3v) is 5.69. The maximum absolute atomic E-state index is 14.6. The molecule has 1 saturated heterocycles. The molecule has 3 N–H and O–H groups in total.